The van der Waals surface area contributed by atoms with Crippen molar-refractivity contribution in [3.8, 4) is 0 Å². The fraction of sp³-hybridized carbons (Fsp3) is 0.588. The first-order valence-electron chi connectivity index (χ1n) is 6.97. The molecule has 2 N–H and O–H groups in total. The van der Waals surface area contributed by atoms with Crippen LogP contribution in [0.2, 0.25) is 0 Å². The minimum atomic E-state index is -1.34. The third-order valence-electron chi connectivity index (χ3n) is 3.41. The largest absolute Gasteiger partial charge is 0.479 e. The summed E-state index contributed by atoms with van der Waals surface area (Å²) < 4.78 is 0. The number of benzene rings is 1. The number of hydrogen-bond donors (Lipinski definition) is 2. The molecule has 3 heteroatoms. The molecule has 0 bridgehead atoms. The first kappa shape index (κ1) is 16.7. The van der Waals surface area contributed by atoms with Gasteiger partial charge in [0.1, 0.15) is 0 Å². The minimum Gasteiger partial charge on any atom is -0.479 e. The highest BCUT2D eigenvalue weighted by atomic mass is 16.4. The van der Waals surface area contributed by atoms with E-state index in [9.17, 15) is 9.90 Å². The lowest BCUT2D eigenvalue weighted by atomic mass is 9.74. The lowest BCUT2D eigenvalue weighted by molar-refractivity contribution is -0.146. The number of rotatable bonds is 3. The van der Waals surface area contributed by atoms with Crippen LogP contribution in [0.4, 0.5) is 0 Å². The van der Waals surface area contributed by atoms with E-state index in [1.807, 2.05) is 12.1 Å². The van der Waals surface area contributed by atoms with Gasteiger partial charge in [-0.2, -0.15) is 0 Å². The van der Waals surface area contributed by atoms with Crippen LogP contribution in [-0.2, 0) is 22.0 Å². The Morgan fingerprint density at radius 1 is 1.05 bits per heavy atom. The van der Waals surface area contributed by atoms with Gasteiger partial charge in [-0.25, -0.2) is 4.79 Å². The maximum absolute atomic E-state index is 10.8. The molecule has 1 aromatic carbocycles. The Morgan fingerprint density at radius 3 is 1.95 bits per heavy atom. The Kier molecular flexibility index (Phi) is 4.65. The van der Waals surface area contributed by atoms with Crippen molar-refractivity contribution in [2.75, 3.05) is 0 Å². The Labute approximate surface area is 121 Å². The van der Waals surface area contributed by atoms with Crippen LogP contribution in [0.15, 0.2) is 18.2 Å². The molecule has 1 aromatic rings. The molecule has 112 valence electrons. The summed E-state index contributed by atoms with van der Waals surface area (Å²) in [6, 6.07) is 6.01. The summed E-state index contributed by atoms with van der Waals surface area (Å²) in [5.74, 6) is -1.18. The average Bonchev–Trinajstić information content (AvgIpc) is 2.26. The molecule has 0 spiro atoms. The van der Waals surface area contributed by atoms with Crippen LogP contribution in [0.5, 0.6) is 0 Å². The molecule has 0 aromatic heterocycles. The quantitative estimate of drug-likeness (QED) is 0.892. The van der Waals surface area contributed by atoms with E-state index < -0.39 is 12.1 Å². The van der Waals surface area contributed by atoms with Crippen molar-refractivity contribution in [1.29, 1.82) is 0 Å². The SMILES string of the molecule is CC(C)(C)c1ccc(CC(O)C(=O)O)cc1C(C)(C)C. The Bertz CT molecular complexity index is 490. The second-order valence-electron chi connectivity index (χ2n) is 7.44. The molecule has 0 heterocycles. The summed E-state index contributed by atoms with van der Waals surface area (Å²) in [4.78, 5) is 10.8. The van der Waals surface area contributed by atoms with E-state index in [1.165, 1.54) is 11.1 Å². The van der Waals surface area contributed by atoms with Crippen LogP contribution in [-0.4, -0.2) is 22.3 Å². The maximum Gasteiger partial charge on any atom is 0.332 e. The third-order valence-corrected chi connectivity index (χ3v) is 3.41. The smallest absolute Gasteiger partial charge is 0.332 e. The summed E-state index contributed by atoms with van der Waals surface area (Å²) in [5.41, 5.74) is 3.34. The van der Waals surface area contributed by atoms with E-state index in [-0.39, 0.29) is 17.3 Å². The molecule has 20 heavy (non-hydrogen) atoms. The zero-order valence-corrected chi connectivity index (χ0v) is 13.3. The highest BCUT2D eigenvalue weighted by Crippen LogP contribution is 2.34. The summed E-state index contributed by atoms with van der Waals surface area (Å²) in [6.45, 7) is 13.0. The number of carboxylic acids is 1. The van der Waals surface area contributed by atoms with Crippen LogP contribution in [0, 0.1) is 0 Å². The van der Waals surface area contributed by atoms with Crippen LogP contribution in [0.3, 0.4) is 0 Å². The topological polar surface area (TPSA) is 57.5 Å². The van der Waals surface area contributed by atoms with Crippen molar-refractivity contribution in [2.24, 2.45) is 0 Å². The highest BCUT2D eigenvalue weighted by Gasteiger charge is 2.25. The van der Waals surface area contributed by atoms with Gasteiger partial charge in [0.15, 0.2) is 6.10 Å². The predicted molar refractivity (Wildman–Crippen MR) is 81.2 cm³/mol. The minimum absolute atomic E-state index is 0.0210. The van der Waals surface area contributed by atoms with Crippen molar-refractivity contribution in [3.05, 3.63) is 34.9 Å². The summed E-state index contributed by atoms with van der Waals surface area (Å²) >= 11 is 0. The van der Waals surface area contributed by atoms with E-state index in [4.69, 9.17) is 5.11 Å². The van der Waals surface area contributed by atoms with Gasteiger partial charge in [-0.1, -0.05) is 59.7 Å². The number of hydrogen-bond acceptors (Lipinski definition) is 2. The van der Waals surface area contributed by atoms with Crippen LogP contribution < -0.4 is 0 Å². The molecule has 0 radical (unpaired) electrons. The first-order chi connectivity index (χ1) is 8.93. The molecule has 0 fully saturated rings. The molecule has 1 atom stereocenters. The second-order valence-corrected chi connectivity index (χ2v) is 7.44. The van der Waals surface area contributed by atoms with Gasteiger partial charge < -0.3 is 10.2 Å². The van der Waals surface area contributed by atoms with Gasteiger partial charge in [0.05, 0.1) is 0 Å². The first-order valence-corrected chi connectivity index (χ1v) is 6.97. The Hall–Kier alpha value is -1.35. The van der Waals surface area contributed by atoms with Crippen LogP contribution in [0.1, 0.15) is 58.2 Å². The van der Waals surface area contributed by atoms with Gasteiger partial charge in [0.25, 0.3) is 0 Å². The van der Waals surface area contributed by atoms with E-state index in [0.29, 0.717) is 0 Å². The molecule has 1 unspecified atom stereocenters. The van der Waals surface area contributed by atoms with Crippen molar-refractivity contribution in [2.45, 2.75) is 64.9 Å². The standard InChI is InChI=1S/C17H26O3/c1-16(2,3)12-8-7-11(10-14(18)15(19)20)9-13(12)17(4,5)6/h7-9,14,18H,10H2,1-6H3,(H,19,20). The van der Waals surface area contributed by atoms with E-state index >= 15 is 0 Å². The van der Waals surface area contributed by atoms with Crippen LogP contribution >= 0.6 is 0 Å². The van der Waals surface area contributed by atoms with E-state index in [2.05, 4.69) is 47.6 Å². The van der Waals surface area contributed by atoms with Gasteiger partial charge in [-0.3, -0.25) is 0 Å². The number of aliphatic carboxylic acids is 1. The fourth-order valence-electron chi connectivity index (χ4n) is 2.30. The Morgan fingerprint density at radius 2 is 1.55 bits per heavy atom. The molecular weight excluding hydrogens is 252 g/mol. The van der Waals surface area contributed by atoms with Gasteiger partial charge >= 0.3 is 5.97 Å². The highest BCUT2D eigenvalue weighted by molar-refractivity contribution is 5.72. The molecule has 0 saturated heterocycles. The number of carboxylic acid groups (broad SMARTS) is 1. The van der Waals surface area contributed by atoms with Crippen molar-refractivity contribution in [3.63, 3.8) is 0 Å². The predicted octanol–water partition coefficient (Wildman–Crippen LogP) is 3.27. The van der Waals surface area contributed by atoms with Crippen molar-refractivity contribution >= 4 is 5.97 Å². The lowest BCUT2D eigenvalue weighted by Gasteiger charge is -2.30. The summed E-state index contributed by atoms with van der Waals surface area (Å²) in [5, 5.41) is 18.3. The number of aliphatic hydroxyl groups excluding tert-OH is 1. The molecule has 1 rings (SSSR count). The molecule has 3 nitrogen and oxygen atoms in total. The van der Waals surface area contributed by atoms with Gasteiger partial charge in [-0.15, -0.1) is 0 Å². The van der Waals surface area contributed by atoms with Gasteiger partial charge in [0.2, 0.25) is 0 Å². The number of aliphatic hydroxyl groups is 1. The van der Waals surface area contributed by atoms with Gasteiger partial charge in [-0.05, 0) is 27.5 Å². The molecule has 0 aliphatic carbocycles. The summed E-state index contributed by atoms with van der Waals surface area (Å²) in [6.07, 6.45) is -1.20. The fourth-order valence-corrected chi connectivity index (χ4v) is 2.30. The number of carbonyl (C=O) groups is 1. The van der Waals surface area contributed by atoms with E-state index in [1.54, 1.807) is 0 Å². The maximum atomic E-state index is 10.8. The lowest BCUT2D eigenvalue weighted by Crippen LogP contribution is -2.24. The van der Waals surface area contributed by atoms with E-state index in [0.717, 1.165) is 5.56 Å². The third kappa shape index (κ3) is 4.07. The zero-order valence-electron chi connectivity index (χ0n) is 13.3. The molecular formula is C17H26O3. The monoisotopic (exact) mass is 278 g/mol. The molecule has 0 aliphatic heterocycles. The van der Waals surface area contributed by atoms with Crippen LogP contribution in [0.25, 0.3) is 0 Å². The molecule has 0 aliphatic rings. The van der Waals surface area contributed by atoms with Crippen molar-refractivity contribution in [1.82, 2.24) is 0 Å². The second kappa shape index (κ2) is 5.57. The zero-order chi connectivity index (χ0) is 15.7. The normalized spacial score (nSPS) is 14.2. The molecule has 0 amide bonds. The Balaban J connectivity index is 3.26. The van der Waals surface area contributed by atoms with Crippen molar-refractivity contribution < 1.29 is 15.0 Å². The average molecular weight is 278 g/mol. The molecule has 0 saturated carbocycles. The van der Waals surface area contributed by atoms with Gasteiger partial charge in [0, 0.05) is 6.42 Å². The summed E-state index contributed by atoms with van der Waals surface area (Å²) in [7, 11) is 0.